The molecule has 0 spiro atoms. The number of aromatic nitrogens is 1. The minimum atomic E-state index is -0.445. The predicted molar refractivity (Wildman–Crippen MR) is 104 cm³/mol. The van der Waals surface area contributed by atoms with Crippen LogP contribution >= 0.6 is 0 Å². The summed E-state index contributed by atoms with van der Waals surface area (Å²) in [6.45, 7) is 10.8. The summed E-state index contributed by atoms with van der Waals surface area (Å²) < 4.78 is 19.6. The Balaban J connectivity index is 1.48. The number of ether oxygens (including phenoxy) is 1. The summed E-state index contributed by atoms with van der Waals surface area (Å²) in [4.78, 5) is 20.5. The monoisotopic (exact) mass is 377 g/mol. The largest absolute Gasteiger partial charge is 0.444 e. The molecule has 2 fully saturated rings. The van der Waals surface area contributed by atoms with Gasteiger partial charge in [-0.2, -0.15) is 0 Å². The summed E-state index contributed by atoms with van der Waals surface area (Å²) >= 11 is 0. The van der Waals surface area contributed by atoms with E-state index >= 15 is 0 Å². The Morgan fingerprint density at radius 3 is 2.19 bits per heavy atom. The molecule has 1 aromatic heterocycles. The lowest BCUT2D eigenvalue weighted by atomic mass is 9.79. The van der Waals surface area contributed by atoms with E-state index in [0.717, 1.165) is 57.6 Å². The average Bonchev–Trinajstić information content (AvgIpc) is 2.63. The van der Waals surface area contributed by atoms with Crippen molar-refractivity contribution in [3.8, 4) is 0 Å². The zero-order valence-electron chi connectivity index (χ0n) is 17.0. The van der Waals surface area contributed by atoms with E-state index in [1.807, 2.05) is 32.6 Å². The lowest BCUT2D eigenvalue weighted by Crippen LogP contribution is -2.44. The maximum absolute atomic E-state index is 14.1. The molecule has 6 heteroatoms. The number of hydrogen-bond acceptors (Lipinski definition) is 4. The van der Waals surface area contributed by atoms with Crippen LogP contribution in [0.1, 0.15) is 52.1 Å². The molecule has 0 N–H and O–H groups in total. The number of carbonyl (C=O) groups excluding carboxylic acids is 1. The first-order chi connectivity index (χ1) is 12.7. The van der Waals surface area contributed by atoms with Crippen LogP contribution in [0.25, 0.3) is 0 Å². The molecule has 2 aliphatic heterocycles. The number of rotatable bonds is 2. The number of aryl methyl sites for hydroxylation is 1. The number of hydrogen-bond donors (Lipinski definition) is 0. The van der Waals surface area contributed by atoms with Gasteiger partial charge < -0.3 is 14.5 Å². The second-order valence-electron chi connectivity index (χ2n) is 8.89. The maximum Gasteiger partial charge on any atom is 0.410 e. The first-order valence-corrected chi connectivity index (χ1v) is 10.1. The van der Waals surface area contributed by atoms with Crippen LogP contribution in [0.4, 0.5) is 15.0 Å². The SMILES string of the molecule is Cc1ccc(F)c(N2CCC(C3CCN(C(=O)OC(C)(C)C)CC3)CC2)n1. The normalized spacial score (nSPS) is 20.0. The summed E-state index contributed by atoms with van der Waals surface area (Å²) in [6, 6.07) is 3.22. The molecule has 2 saturated heterocycles. The van der Waals surface area contributed by atoms with Gasteiger partial charge in [-0.3, -0.25) is 0 Å². The highest BCUT2D eigenvalue weighted by atomic mass is 19.1. The van der Waals surface area contributed by atoms with E-state index in [0.29, 0.717) is 17.7 Å². The van der Waals surface area contributed by atoms with Gasteiger partial charge in [-0.05, 0) is 77.3 Å². The number of nitrogens with zero attached hydrogens (tertiary/aromatic N) is 3. The van der Waals surface area contributed by atoms with Crippen molar-refractivity contribution in [3.05, 3.63) is 23.6 Å². The van der Waals surface area contributed by atoms with Gasteiger partial charge in [-0.25, -0.2) is 14.2 Å². The summed E-state index contributed by atoms with van der Waals surface area (Å²) in [7, 11) is 0. The molecule has 0 atom stereocenters. The summed E-state index contributed by atoms with van der Waals surface area (Å²) in [5.74, 6) is 1.55. The summed E-state index contributed by atoms with van der Waals surface area (Å²) in [5, 5.41) is 0. The second-order valence-corrected chi connectivity index (χ2v) is 8.89. The quantitative estimate of drug-likeness (QED) is 0.767. The fraction of sp³-hybridized carbons (Fsp3) is 0.714. The number of carbonyl (C=O) groups is 1. The molecular formula is C21H32FN3O2. The molecule has 27 heavy (non-hydrogen) atoms. The minimum Gasteiger partial charge on any atom is -0.444 e. The van der Waals surface area contributed by atoms with Crippen molar-refractivity contribution >= 4 is 11.9 Å². The van der Waals surface area contributed by atoms with Gasteiger partial charge in [-0.1, -0.05) is 0 Å². The first-order valence-electron chi connectivity index (χ1n) is 10.1. The van der Waals surface area contributed by atoms with Crippen LogP contribution in [0.15, 0.2) is 12.1 Å². The van der Waals surface area contributed by atoms with E-state index in [4.69, 9.17) is 4.74 Å². The number of piperidine rings is 2. The Hall–Kier alpha value is -1.85. The van der Waals surface area contributed by atoms with E-state index < -0.39 is 5.60 Å². The average molecular weight is 378 g/mol. The van der Waals surface area contributed by atoms with E-state index in [9.17, 15) is 9.18 Å². The fourth-order valence-electron chi connectivity index (χ4n) is 4.21. The highest BCUT2D eigenvalue weighted by molar-refractivity contribution is 5.68. The molecule has 5 nitrogen and oxygen atoms in total. The van der Waals surface area contributed by atoms with Gasteiger partial charge >= 0.3 is 6.09 Å². The fourth-order valence-corrected chi connectivity index (χ4v) is 4.21. The molecular weight excluding hydrogens is 345 g/mol. The van der Waals surface area contributed by atoms with Crippen molar-refractivity contribution < 1.29 is 13.9 Å². The molecule has 0 unspecified atom stereocenters. The standard InChI is InChI=1S/C21H32FN3O2/c1-15-5-6-18(22)19(23-15)24-11-7-16(8-12-24)17-9-13-25(14-10-17)20(26)27-21(2,3)4/h5-6,16-17H,7-14H2,1-4H3. The molecule has 0 radical (unpaired) electrons. The summed E-state index contributed by atoms with van der Waals surface area (Å²) in [6.07, 6.45) is 3.98. The van der Waals surface area contributed by atoms with E-state index in [1.165, 1.54) is 6.07 Å². The maximum atomic E-state index is 14.1. The highest BCUT2D eigenvalue weighted by Gasteiger charge is 2.33. The molecule has 3 heterocycles. The Kier molecular flexibility index (Phi) is 5.92. The van der Waals surface area contributed by atoms with Crippen molar-refractivity contribution in [2.45, 2.75) is 59.0 Å². The van der Waals surface area contributed by atoms with Gasteiger partial charge in [-0.15, -0.1) is 0 Å². The Labute approximate surface area is 161 Å². The summed E-state index contributed by atoms with van der Waals surface area (Å²) in [5.41, 5.74) is 0.405. The molecule has 0 aliphatic carbocycles. The third-order valence-corrected chi connectivity index (χ3v) is 5.66. The number of anilines is 1. The second kappa shape index (κ2) is 8.03. The van der Waals surface area contributed by atoms with E-state index in [2.05, 4.69) is 9.88 Å². The molecule has 150 valence electrons. The van der Waals surface area contributed by atoms with Gasteiger partial charge in [0, 0.05) is 31.9 Å². The minimum absolute atomic E-state index is 0.197. The third kappa shape index (κ3) is 5.11. The number of pyridine rings is 1. The van der Waals surface area contributed by atoms with Gasteiger partial charge in [0.05, 0.1) is 0 Å². The van der Waals surface area contributed by atoms with Crippen LogP contribution in [-0.4, -0.2) is 47.8 Å². The zero-order chi connectivity index (χ0) is 19.6. The van der Waals surface area contributed by atoms with Gasteiger partial charge in [0.25, 0.3) is 0 Å². The van der Waals surface area contributed by atoms with Gasteiger partial charge in [0.15, 0.2) is 11.6 Å². The van der Waals surface area contributed by atoms with E-state index in [-0.39, 0.29) is 11.9 Å². The van der Waals surface area contributed by atoms with Crippen LogP contribution in [0.2, 0.25) is 0 Å². The smallest absolute Gasteiger partial charge is 0.410 e. The van der Waals surface area contributed by atoms with Gasteiger partial charge in [0.1, 0.15) is 5.60 Å². The lowest BCUT2D eigenvalue weighted by molar-refractivity contribution is 0.0152. The van der Waals surface area contributed by atoms with Gasteiger partial charge in [0.2, 0.25) is 0 Å². The van der Waals surface area contributed by atoms with Crippen molar-refractivity contribution in [2.75, 3.05) is 31.1 Å². The lowest BCUT2D eigenvalue weighted by Gasteiger charge is -2.40. The zero-order valence-corrected chi connectivity index (χ0v) is 17.0. The third-order valence-electron chi connectivity index (χ3n) is 5.66. The molecule has 3 rings (SSSR count). The van der Waals surface area contributed by atoms with E-state index in [1.54, 1.807) is 6.07 Å². The molecule has 0 saturated carbocycles. The first kappa shape index (κ1) is 19.9. The van der Waals surface area contributed by atoms with Crippen LogP contribution in [0.5, 0.6) is 0 Å². The van der Waals surface area contributed by atoms with Crippen molar-refractivity contribution in [3.63, 3.8) is 0 Å². The van der Waals surface area contributed by atoms with Crippen molar-refractivity contribution in [1.82, 2.24) is 9.88 Å². The molecule has 2 aliphatic rings. The molecule has 1 amide bonds. The highest BCUT2D eigenvalue weighted by Crippen LogP contribution is 2.34. The topological polar surface area (TPSA) is 45.7 Å². The number of halogens is 1. The predicted octanol–water partition coefficient (Wildman–Crippen LogP) is 4.39. The van der Waals surface area contributed by atoms with Crippen LogP contribution in [0.3, 0.4) is 0 Å². The van der Waals surface area contributed by atoms with Crippen molar-refractivity contribution in [2.24, 2.45) is 11.8 Å². The molecule has 0 bridgehead atoms. The number of likely N-dealkylation sites (tertiary alicyclic amines) is 1. The van der Waals surface area contributed by atoms with Crippen LogP contribution < -0.4 is 4.90 Å². The number of amides is 1. The molecule has 0 aromatic carbocycles. The molecule has 1 aromatic rings. The Morgan fingerprint density at radius 2 is 1.63 bits per heavy atom. The Morgan fingerprint density at radius 1 is 1.07 bits per heavy atom. The van der Waals surface area contributed by atoms with Crippen LogP contribution in [-0.2, 0) is 4.74 Å². The van der Waals surface area contributed by atoms with Crippen molar-refractivity contribution in [1.29, 1.82) is 0 Å². The van der Waals surface area contributed by atoms with Crippen LogP contribution in [0, 0.1) is 24.6 Å². The Bertz CT molecular complexity index is 658.